The third kappa shape index (κ3) is 3.17. The van der Waals surface area contributed by atoms with Crippen LogP contribution in [0.5, 0.6) is 0 Å². The molecule has 0 radical (unpaired) electrons. The molecular weight excluding hydrogens is 236 g/mol. The van der Waals surface area contributed by atoms with Gasteiger partial charge >= 0.3 is 0 Å². The molecule has 0 atom stereocenters. The highest BCUT2D eigenvalue weighted by Crippen LogP contribution is 2.23. The molecule has 1 aromatic rings. The van der Waals surface area contributed by atoms with E-state index in [2.05, 4.69) is 41.1 Å². The molecule has 0 saturated carbocycles. The van der Waals surface area contributed by atoms with Gasteiger partial charge in [0.2, 0.25) is 0 Å². The number of halogens is 1. The number of aliphatic hydroxyl groups excluding tert-OH is 1. The number of aliphatic hydroxyl groups is 1. The van der Waals surface area contributed by atoms with Gasteiger partial charge in [0.25, 0.3) is 0 Å². The van der Waals surface area contributed by atoms with Gasteiger partial charge in [0.1, 0.15) is 0 Å². The lowest BCUT2D eigenvalue weighted by molar-refractivity contribution is 0.322. The summed E-state index contributed by atoms with van der Waals surface area (Å²) in [6, 6.07) is 6.25. The molecule has 0 heterocycles. The number of hydrogen-bond acceptors (Lipinski definition) is 2. The molecule has 0 spiro atoms. The zero-order valence-electron chi connectivity index (χ0n) is 6.88. The average molecular weight is 247 g/mol. The maximum Gasteiger partial charge on any atom is 0.0525 e. The van der Waals surface area contributed by atoms with Gasteiger partial charge in [-0.3, -0.25) is 0 Å². The van der Waals surface area contributed by atoms with Crippen LogP contribution in [0.2, 0.25) is 0 Å². The first kappa shape index (κ1) is 10.1. The van der Waals surface area contributed by atoms with Crippen molar-refractivity contribution in [1.82, 2.24) is 0 Å². The molecular formula is C9H11BrOS. The summed E-state index contributed by atoms with van der Waals surface area (Å²) in [5.74, 6) is 0.760. The molecule has 0 aliphatic rings. The third-order valence-electron chi connectivity index (χ3n) is 1.38. The van der Waals surface area contributed by atoms with Crippen LogP contribution in [0.3, 0.4) is 0 Å². The minimum absolute atomic E-state index is 0.232. The van der Waals surface area contributed by atoms with Crippen LogP contribution in [0.15, 0.2) is 27.6 Å². The molecule has 0 saturated heterocycles. The molecule has 1 nitrogen and oxygen atoms in total. The Labute approximate surface area is 85.3 Å². The van der Waals surface area contributed by atoms with E-state index >= 15 is 0 Å². The molecule has 66 valence electrons. The van der Waals surface area contributed by atoms with Crippen LogP contribution in [0, 0.1) is 6.92 Å². The molecule has 0 aliphatic heterocycles. The third-order valence-corrected chi connectivity index (χ3v) is 2.79. The fourth-order valence-corrected chi connectivity index (χ4v) is 2.52. The first-order chi connectivity index (χ1) is 5.72. The molecule has 0 fully saturated rings. The number of aryl methyl sites for hydroxylation is 1. The molecule has 0 aromatic heterocycles. The van der Waals surface area contributed by atoms with Crippen molar-refractivity contribution < 1.29 is 5.11 Å². The van der Waals surface area contributed by atoms with Gasteiger partial charge in [0.05, 0.1) is 6.61 Å². The van der Waals surface area contributed by atoms with Crippen molar-refractivity contribution in [3.8, 4) is 0 Å². The van der Waals surface area contributed by atoms with Gasteiger partial charge in [0, 0.05) is 15.1 Å². The van der Waals surface area contributed by atoms with Gasteiger partial charge in [-0.2, -0.15) is 0 Å². The van der Waals surface area contributed by atoms with E-state index in [1.807, 2.05) is 0 Å². The molecule has 1 N–H and O–H groups in total. The molecule has 0 aliphatic carbocycles. The van der Waals surface area contributed by atoms with Crippen LogP contribution in [0.25, 0.3) is 0 Å². The van der Waals surface area contributed by atoms with Gasteiger partial charge in [-0.25, -0.2) is 0 Å². The SMILES string of the molecule is Cc1cc(Br)cc(SCCO)c1. The first-order valence-corrected chi connectivity index (χ1v) is 5.51. The second kappa shape index (κ2) is 4.90. The van der Waals surface area contributed by atoms with E-state index in [9.17, 15) is 0 Å². The lowest BCUT2D eigenvalue weighted by atomic mass is 10.2. The standard InChI is InChI=1S/C9H11BrOS/c1-7-4-8(10)6-9(5-7)12-3-2-11/h4-6,11H,2-3H2,1H3. The summed E-state index contributed by atoms with van der Waals surface area (Å²) in [6.07, 6.45) is 0. The second-order valence-electron chi connectivity index (χ2n) is 2.54. The molecule has 3 heteroatoms. The zero-order chi connectivity index (χ0) is 8.97. The smallest absolute Gasteiger partial charge is 0.0525 e. The molecule has 0 amide bonds. The summed E-state index contributed by atoms with van der Waals surface area (Å²) >= 11 is 5.10. The minimum atomic E-state index is 0.232. The molecule has 12 heavy (non-hydrogen) atoms. The van der Waals surface area contributed by atoms with E-state index in [0.29, 0.717) is 0 Å². The normalized spacial score (nSPS) is 10.2. The quantitative estimate of drug-likeness (QED) is 0.829. The van der Waals surface area contributed by atoms with E-state index in [1.165, 1.54) is 10.5 Å². The summed E-state index contributed by atoms with van der Waals surface area (Å²) in [4.78, 5) is 1.20. The molecule has 1 rings (SSSR count). The zero-order valence-corrected chi connectivity index (χ0v) is 9.28. The average Bonchev–Trinajstić information content (AvgIpc) is 1.99. The highest BCUT2D eigenvalue weighted by Gasteiger charge is 1.96. The second-order valence-corrected chi connectivity index (χ2v) is 4.62. The van der Waals surface area contributed by atoms with Crippen LogP contribution < -0.4 is 0 Å². The first-order valence-electron chi connectivity index (χ1n) is 3.73. The largest absolute Gasteiger partial charge is 0.396 e. The Kier molecular flexibility index (Phi) is 4.12. The summed E-state index contributed by atoms with van der Waals surface area (Å²) < 4.78 is 1.10. The van der Waals surface area contributed by atoms with Gasteiger partial charge in [0.15, 0.2) is 0 Å². The molecule has 0 bridgehead atoms. The topological polar surface area (TPSA) is 20.2 Å². The van der Waals surface area contributed by atoms with Crippen molar-refractivity contribution in [1.29, 1.82) is 0 Å². The number of benzene rings is 1. The van der Waals surface area contributed by atoms with Crippen molar-refractivity contribution in [2.45, 2.75) is 11.8 Å². The van der Waals surface area contributed by atoms with Gasteiger partial charge < -0.3 is 5.11 Å². The molecule has 1 aromatic carbocycles. The maximum absolute atomic E-state index is 8.63. The highest BCUT2D eigenvalue weighted by molar-refractivity contribution is 9.10. The number of hydrogen-bond donors (Lipinski definition) is 1. The Morgan fingerprint density at radius 3 is 2.75 bits per heavy atom. The van der Waals surface area contributed by atoms with Crippen LogP contribution in [0.1, 0.15) is 5.56 Å². The van der Waals surface area contributed by atoms with E-state index < -0.39 is 0 Å². The fraction of sp³-hybridized carbons (Fsp3) is 0.333. The Hall–Kier alpha value is 0.01000. The van der Waals surface area contributed by atoms with Gasteiger partial charge in [-0.05, 0) is 30.7 Å². The summed E-state index contributed by atoms with van der Waals surface area (Å²) in [5, 5.41) is 8.63. The predicted octanol–water partition coefficient (Wildman–Crippen LogP) is 2.84. The minimum Gasteiger partial charge on any atom is -0.396 e. The fourth-order valence-electron chi connectivity index (χ4n) is 0.950. The van der Waals surface area contributed by atoms with E-state index in [1.54, 1.807) is 11.8 Å². The van der Waals surface area contributed by atoms with E-state index in [0.717, 1.165) is 10.2 Å². The highest BCUT2D eigenvalue weighted by atomic mass is 79.9. The maximum atomic E-state index is 8.63. The summed E-state index contributed by atoms with van der Waals surface area (Å²) in [5.41, 5.74) is 1.24. The number of rotatable bonds is 3. The van der Waals surface area contributed by atoms with Crippen molar-refractivity contribution in [2.24, 2.45) is 0 Å². The van der Waals surface area contributed by atoms with Crippen LogP contribution in [-0.2, 0) is 0 Å². The van der Waals surface area contributed by atoms with Crippen molar-refractivity contribution >= 4 is 27.7 Å². The van der Waals surface area contributed by atoms with Crippen LogP contribution in [0.4, 0.5) is 0 Å². The lowest BCUT2D eigenvalue weighted by Crippen LogP contribution is -1.85. The summed E-state index contributed by atoms with van der Waals surface area (Å²) in [7, 11) is 0. The molecule has 0 unspecified atom stereocenters. The lowest BCUT2D eigenvalue weighted by Gasteiger charge is -2.01. The predicted molar refractivity (Wildman–Crippen MR) is 56.7 cm³/mol. The van der Waals surface area contributed by atoms with Crippen LogP contribution >= 0.6 is 27.7 Å². The Morgan fingerprint density at radius 1 is 1.42 bits per heavy atom. The Balaban J connectivity index is 2.72. The van der Waals surface area contributed by atoms with Crippen LogP contribution in [-0.4, -0.2) is 17.5 Å². The summed E-state index contributed by atoms with van der Waals surface area (Å²) in [6.45, 7) is 2.30. The van der Waals surface area contributed by atoms with Crippen molar-refractivity contribution in [3.05, 3.63) is 28.2 Å². The van der Waals surface area contributed by atoms with E-state index in [-0.39, 0.29) is 6.61 Å². The number of thioether (sulfide) groups is 1. The van der Waals surface area contributed by atoms with Crippen molar-refractivity contribution in [2.75, 3.05) is 12.4 Å². The Bertz CT molecular complexity index is 242. The van der Waals surface area contributed by atoms with Crippen molar-refractivity contribution in [3.63, 3.8) is 0 Å². The van der Waals surface area contributed by atoms with Gasteiger partial charge in [-0.15, -0.1) is 11.8 Å². The monoisotopic (exact) mass is 246 g/mol. The van der Waals surface area contributed by atoms with E-state index in [4.69, 9.17) is 5.11 Å². The Morgan fingerprint density at radius 2 is 2.17 bits per heavy atom. The van der Waals surface area contributed by atoms with Gasteiger partial charge in [-0.1, -0.05) is 15.9 Å².